The SMILES string of the molecule is CC1CN=C(NC2(C)CCCOC2)S1. The lowest BCUT2D eigenvalue weighted by Crippen LogP contribution is -2.50. The van der Waals surface area contributed by atoms with Crippen molar-refractivity contribution >= 4 is 16.9 Å². The molecule has 2 heterocycles. The summed E-state index contributed by atoms with van der Waals surface area (Å²) in [6.07, 6.45) is 2.33. The molecule has 1 saturated heterocycles. The second kappa shape index (κ2) is 4.11. The molecular weight excluding hydrogens is 196 g/mol. The number of amidine groups is 1. The Bertz CT molecular complexity index is 236. The van der Waals surface area contributed by atoms with Crippen LogP contribution in [0.25, 0.3) is 0 Å². The molecular formula is C10H18N2OS. The van der Waals surface area contributed by atoms with E-state index in [1.165, 1.54) is 6.42 Å². The summed E-state index contributed by atoms with van der Waals surface area (Å²) in [7, 11) is 0. The Balaban J connectivity index is 1.89. The van der Waals surface area contributed by atoms with Gasteiger partial charge < -0.3 is 10.1 Å². The lowest BCUT2D eigenvalue weighted by Gasteiger charge is -2.34. The highest BCUT2D eigenvalue weighted by Gasteiger charge is 2.30. The molecule has 3 nitrogen and oxygen atoms in total. The van der Waals surface area contributed by atoms with E-state index in [1.807, 2.05) is 11.8 Å². The van der Waals surface area contributed by atoms with E-state index in [2.05, 4.69) is 24.2 Å². The Kier molecular flexibility index (Phi) is 3.02. The van der Waals surface area contributed by atoms with E-state index in [-0.39, 0.29) is 5.54 Å². The molecule has 2 atom stereocenters. The molecule has 0 bridgehead atoms. The van der Waals surface area contributed by atoms with Gasteiger partial charge in [-0.25, -0.2) is 0 Å². The van der Waals surface area contributed by atoms with Crippen molar-refractivity contribution in [2.45, 2.75) is 37.5 Å². The van der Waals surface area contributed by atoms with Gasteiger partial charge in [-0.15, -0.1) is 0 Å². The van der Waals surface area contributed by atoms with Crippen molar-refractivity contribution in [3.8, 4) is 0 Å². The van der Waals surface area contributed by atoms with E-state index < -0.39 is 0 Å². The summed E-state index contributed by atoms with van der Waals surface area (Å²) in [4.78, 5) is 4.47. The molecule has 0 amide bonds. The van der Waals surface area contributed by atoms with E-state index in [0.717, 1.165) is 31.3 Å². The summed E-state index contributed by atoms with van der Waals surface area (Å²) in [6, 6.07) is 0. The normalized spacial score (nSPS) is 38.1. The molecule has 2 aliphatic rings. The molecule has 0 radical (unpaired) electrons. The first-order valence-electron chi connectivity index (χ1n) is 5.25. The first-order chi connectivity index (χ1) is 6.68. The minimum atomic E-state index is 0.105. The highest BCUT2D eigenvalue weighted by atomic mass is 32.2. The molecule has 14 heavy (non-hydrogen) atoms. The van der Waals surface area contributed by atoms with Gasteiger partial charge in [-0.1, -0.05) is 18.7 Å². The smallest absolute Gasteiger partial charge is 0.157 e. The molecule has 0 saturated carbocycles. The second-order valence-electron chi connectivity index (χ2n) is 4.42. The van der Waals surface area contributed by atoms with Crippen molar-refractivity contribution in [3.63, 3.8) is 0 Å². The largest absolute Gasteiger partial charge is 0.379 e. The Morgan fingerprint density at radius 2 is 2.50 bits per heavy atom. The summed E-state index contributed by atoms with van der Waals surface area (Å²) in [5.41, 5.74) is 0.105. The van der Waals surface area contributed by atoms with Crippen LogP contribution < -0.4 is 5.32 Å². The molecule has 1 fully saturated rings. The van der Waals surface area contributed by atoms with Crippen LogP contribution in [0.2, 0.25) is 0 Å². The molecule has 4 heteroatoms. The summed E-state index contributed by atoms with van der Waals surface area (Å²) in [6.45, 7) is 7.10. The van der Waals surface area contributed by atoms with Crippen molar-refractivity contribution in [2.24, 2.45) is 4.99 Å². The van der Waals surface area contributed by atoms with E-state index in [1.54, 1.807) is 0 Å². The topological polar surface area (TPSA) is 33.6 Å². The number of ether oxygens (including phenoxy) is 1. The number of nitrogens with one attached hydrogen (secondary N) is 1. The van der Waals surface area contributed by atoms with Gasteiger partial charge in [-0.05, 0) is 19.8 Å². The van der Waals surface area contributed by atoms with Gasteiger partial charge in [0.2, 0.25) is 0 Å². The predicted molar refractivity (Wildman–Crippen MR) is 60.9 cm³/mol. The van der Waals surface area contributed by atoms with Crippen molar-refractivity contribution in [1.82, 2.24) is 5.32 Å². The molecule has 0 aromatic heterocycles. The number of nitrogens with zero attached hydrogens (tertiary/aromatic N) is 1. The molecule has 2 rings (SSSR count). The predicted octanol–water partition coefficient (Wildman–Crippen LogP) is 1.64. The van der Waals surface area contributed by atoms with Gasteiger partial charge in [0.25, 0.3) is 0 Å². The van der Waals surface area contributed by atoms with Crippen LogP contribution in [-0.4, -0.2) is 35.7 Å². The Morgan fingerprint density at radius 1 is 1.64 bits per heavy atom. The highest BCUT2D eigenvalue weighted by molar-refractivity contribution is 8.14. The molecule has 0 aliphatic carbocycles. The fourth-order valence-electron chi connectivity index (χ4n) is 1.84. The molecule has 2 aliphatic heterocycles. The van der Waals surface area contributed by atoms with Crippen LogP contribution in [-0.2, 0) is 4.74 Å². The van der Waals surface area contributed by atoms with Gasteiger partial charge >= 0.3 is 0 Å². The number of aliphatic imine (C=N–C) groups is 1. The van der Waals surface area contributed by atoms with E-state index >= 15 is 0 Å². The van der Waals surface area contributed by atoms with Gasteiger partial charge in [-0.3, -0.25) is 4.99 Å². The highest BCUT2D eigenvalue weighted by Crippen LogP contribution is 2.24. The first kappa shape index (κ1) is 10.3. The molecule has 2 unspecified atom stereocenters. The maximum absolute atomic E-state index is 5.50. The van der Waals surface area contributed by atoms with E-state index in [0.29, 0.717) is 5.25 Å². The van der Waals surface area contributed by atoms with Gasteiger partial charge in [0, 0.05) is 11.9 Å². The fourth-order valence-corrected chi connectivity index (χ4v) is 2.82. The summed E-state index contributed by atoms with van der Waals surface area (Å²) >= 11 is 1.84. The Hall–Kier alpha value is -0.220. The maximum atomic E-state index is 5.50. The number of hydrogen-bond acceptors (Lipinski definition) is 4. The molecule has 1 N–H and O–H groups in total. The Morgan fingerprint density at radius 3 is 3.07 bits per heavy atom. The van der Waals surface area contributed by atoms with Crippen molar-refractivity contribution in [2.75, 3.05) is 19.8 Å². The molecule has 0 aromatic carbocycles. The average Bonchev–Trinajstić information content (AvgIpc) is 2.51. The van der Waals surface area contributed by atoms with Crippen LogP contribution in [0.15, 0.2) is 4.99 Å². The van der Waals surface area contributed by atoms with Gasteiger partial charge in [-0.2, -0.15) is 0 Å². The van der Waals surface area contributed by atoms with Crippen LogP contribution >= 0.6 is 11.8 Å². The monoisotopic (exact) mass is 214 g/mol. The summed E-state index contributed by atoms with van der Waals surface area (Å²) < 4.78 is 5.50. The quantitative estimate of drug-likeness (QED) is 0.720. The van der Waals surface area contributed by atoms with Gasteiger partial charge in [0.05, 0.1) is 18.7 Å². The molecule has 80 valence electrons. The molecule has 0 spiro atoms. The number of thioether (sulfide) groups is 1. The van der Waals surface area contributed by atoms with Crippen LogP contribution in [0.5, 0.6) is 0 Å². The van der Waals surface area contributed by atoms with E-state index in [9.17, 15) is 0 Å². The zero-order valence-electron chi connectivity index (χ0n) is 8.88. The first-order valence-corrected chi connectivity index (χ1v) is 6.13. The second-order valence-corrected chi connectivity index (χ2v) is 5.84. The van der Waals surface area contributed by atoms with Crippen molar-refractivity contribution < 1.29 is 4.74 Å². The van der Waals surface area contributed by atoms with Crippen molar-refractivity contribution in [3.05, 3.63) is 0 Å². The standard InChI is InChI=1S/C10H18N2OS/c1-8-6-11-9(14-8)12-10(2)4-3-5-13-7-10/h8H,3-7H2,1-2H3,(H,11,12). The van der Waals surface area contributed by atoms with Crippen LogP contribution in [0.1, 0.15) is 26.7 Å². The summed E-state index contributed by atoms with van der Waals surface area (Å²) in [5.74, 6) is 0. The number of hydrogen-bond donors (Lipinski definition) is 1. The van der Waals surface area contributed by atoms with E-state index in [4.69, 9.17) is 4.74 Å². The lowest BCUT2D eigenvalue weighted by atomic mass is 9.95. The Labute approximate surface area is 89.7 Å². The van der Waals surface area contributed by atoms with Crippen molar-refractivity contribution in [1.29, 1.82) is 0 Å². The molecule has 0 aromatic rings. The minimum Gasteiger partial charge on any atom is -0.379 e. The van der Waals surface area contributed by atoms with Crippen LogP contribution in [0.4, 0.5) is 0 Å². The lowest BCUT2D eigenvalue weighted by molar-refractivity contribution is 0.0375. The van der Waals surface area contributed by atoms with Gasteiger partial charge in [0.1, 0.15) is 0 Å². The number of rotatable bonds is 1. The zero-order valence-corrected chi connectivity index (χ0v) is 9.69. The average molecular weight is 214 g/mol. The van der Waals surface area contributed by atoms with Gasteiger partial charge in [0.15, 0.2) is 5.17 Å². The summed E-state index contributed by atoms with van der Waals surface area (Å²) in [5, 5.41) is 5.25. The minimum absolute atomic E-state index is 0.105. The third kappa shape index (κ3) is 2.42. The van der Waals surface area contributed by atoms with Crippen LogP contribution in [0, 0.1) is 0 Å². The third-order valence-corrected chi connectivity index (χ3v) is 3.66. The van der Waals surface area contributed by atoms with Crippen LogP contribution in [0.3, 0.4) is 0 Å². The third-order valence-electron chi connectivity index (χ3n) is 2.65. The maximum Gasteiger partial charge on any atom is 0.157 e. The fraction of sp³-hybridized carbons (Fsp3) is 0.900. The zero-order chi connectivity index (χ0) is 10.0.